The van der Waals surface area contributed by atoms with E-state index in [0.29, 0.717) is 6.61 Å². The first-order chi connectivity index (χ1) is 7.98. The van der Waals surface area contributed by atoms with Gasteiger partial charge in [0.15, 0.2) is 0 Å². The van der Waals surface area contributed by atoms with E-state index in [9.17, 15) is 4.79 Å². The Morgan fingerprint density at radius 2 is 2.35 bits per heavy atom. The molecule has 0 amide bonds. The summed E-state index contributed by atoms with van der Waals surface area (Å²) in [7, 11) is 0. The van der Waals surface area contributed by atoms with Crippen LogP contribution in [0.1, 0.15) is 33.6 Å². The second-order valence-electron chi connectivity index (χ2n) is 4.77. The van der Waals surface area contributed by atoms with Crippen LogP contribution in [0.2, 0.25) is 0 Å². The number of hydrogen-bond acceptors (Lipinski definition) is 4. The van der Waals surface area contributed by atoms with Crippen molar-refractivity contribution in [1.82, 2.24) is 0 Å². The molecule has 1 atom stereocenters. The average molecular weight is 237 g/mol. The highest BCUT2D eigenvalue weighted by atomic mass is 16.5. The topological polar surface area (TPSA) is 59.3 Å². The van der Waals surface area contributed by atoms with Crippen LogP contribution in [-0.2, 0) is 14.3 Å². The van der Waals surface area contributed by atoms with E-state index in [1.54, 1.807) is 13.0 Å². The van der Waals surface area contributed by atoms with Crippen LogP contribution in [0.3, 0.4) is 0 Å². The number of carbonyl (C=O) groups excluding carboxylic acids is 1. The van der Waals surface area contributed by atoms with Gasteiger partial charge in [0.1, 0.15) is 11.6 Å². The summed E-state index contributed by atoms with van der Waals surface area (Å²) in [5.74, 6) is -0.322. The van der Waals surface area contributed by atoms with Crippen LogP contribution >= 0.6 is 0 Å². The lowest BCUT2D eigenvalue weighted by atomic mass is 9.87. The third kappa shape index (κ3) is 4.20. The highest BCUT2D eigenvalue weighted by Gasteiger charge is 2.28. The minimum atomic E-state index is -0.528. The number of rotatable bonds is 3. The van der Waals surface area contributed by atoms with Crippen molar-refractivity contribution in [2.75, 3.05) is 13.2 Å². The molecule has 1 saturated heterocycles. The van der Waals surface area contributed by atoms with E-state index in [2.05, 4.69) is 0 Å². The molecule has 1 fully saturated rings. The highest BCUT2D eigenvalue weighted by Crippen LogP contribution is 2.30. The van der Waals surface area contributed by atoms with Crippen molar-refractivity contribution >= 4 is 5.97 Å². The molecular weight excluding hydrogens is 218 g/mol. The molecule has 94 valence electrons. The average Bonchev–Trinajstić information content (AvgIpc) is 2.24. The predicted octanol–water partition coefficient (Wildman–Crippen LogP) is 2.20. The fraction of sp³-hybridized carbons (Fsp3) is 0.692. The molecule has 1 heterocycles. The number of esters is 1. The Morgan fingerprint density at radius 1 is 1.65 bits per heavy atom. The molecule has 4 heteroatoms. The van der Waals surface area contributed by atoms with Gasteiger partial charge in [-0.1, -0.05) is 6.08 Å². The normalized spacial score (nSPS) is 23.9. The van der Waals surface area contributed by atoms with Gasteiger partial charge in [0, 0.05) is 6.61 Å². The number of ether oxygens (including phenoxy) is 2. The van der Waals surface area contributed by atoms with E-state index >= 15 is 0 Å². The lowest BCUT2D eigenvalue weighted by molar-refractivity contribution is -0.138. The molecule has 0 aromatic rings. The van der Waals surface area contributed by atoms with E-state index in [4.69, 9.17) is 14.7 Å². The number of nitrogens with zero attached hydrogens (tertiary/aromatic N) is 1. The molecule has 0 saturated carbocycles. The van der Waals surface area contributed by atoms with E-state index in [-0.39, 0.29) is 23.7 Å². The Morgan fingerprint density at radius 3 is 2.88 bits per heavy atom. The minimum Gasteiger partial charge on any atom is -0.462 e. The summed E-state index contributed by atoms with van der Waals surface area (Å²) in [5.41, 5.74) is -0.0798. The Kier molecular flexibility index (Phi) is 4.71. The van der Waals surface area contributed by atoms with Crippen LogP contribution in [-0.4, -0.2) is 24.8 Å². The van der Waals surface area contributed by atoms with Gasteiger partial charge < -0.3 is 9.47 Å². The van der Waals surface area contributed by atoms with E-state index in [1.165, 1.54) is 0 Å². The van der Waals surface area contributed by atoms with Gasteiger partial charge in [-0.2, -0.15) is 5.26 Å². The molecule has 1 aliphatic rings. The fourth-order valence-corrected chi connectivity index (χ4v) is 2.02. The van der Waals surface area contributed by atoms with Gasteiger partial charge in [-0.05, 0) is 39.5 Å². The lowest BCUT2D eigenvalue weighted by Gasteiger charge is -2.34. The summed E-state index contributed by atoms with van der Waals surface area (Å²) in [6, 6.07) is 1.91. The summed E-state index contributed by atoms with van der Waals surface area (Å²) in [6.07, 6.45) is 3.38. The molecule has 1 aliphatic heterocycles. The van der Waals surface area contributed by atoms with E-state index < -0.39 is 5.97 Å². The van der Waals surface area contributed by atoms with Crippen molar-refractivity contribution in [3.63, 3.8) is 0 Å². The van der Waals surface area contributed by atoms with Crippen LogP contribution in [0.25, 0.3) is 0 Å². The standard InChI is InChI=1S/C13H19NO3/c1-4-16-12(15)11(9-14)7-10-5-6-17-13(2,3)8-10/h7,10H,4-6,8H2,1-3H3/b11-7-. The van der Waals surface area contributed by atoms with E-state index in [0.717, 1.165) is 12.8 Å². The zero-order valence-electron chi connectivity index (χ0n) is 10.7. The maximum Gasteiger partial charge on any atom is 0.348 e. The van der Waals surface area contributed by atoms with Gasteiger partial charge in [-0.25, -0.2) is 4.79 Å². The molecule has 0 radical (unpaired) electrons. The van der Waals surface area contributed by atoms with Crippen molar-refractivity contribution in [2.45, 2.75) is 39.2 Å². The summed E-state index contributed by atoms with van der Waals surface area (Å²) in [6.45, 7) is 6.71. The smallest absolute Gasteiger partial charge is 0.348 e. The van der Waals surface area contributed by atoms with Crippen molar-refractivity contribution in [2.24, 2.45) is 5.92 Å². The molecule has 0 aromatic carbocycles. The zero-order chi connectivity index (χ0) is 12.9. The Hall–Kier alpha value is -1.34. The lowest BCUT2D eigenvalue weighted by Crippen LogP contribution is -2.33. The van der Waals surface area contributed by atoms with Gasteiger partial charge in [0.05, 0.1) is 12.2 Å². The summed E-state index contributed by atoms with van der Waals surface area (Å²) in [4.78, 5) is 11.5. The van der Waals surface area contributed by atoms with Crippen molar-refractivity contribution in [3.05, 3.63) is 11.6 Å². The molecule has 4 nitrogen and oxygen atoms in total. The van der Waals surface area contributed by atoms with Gasteiger partial charge >= 0.3 is 5.97 Å². The summed E-state index contributed by atoms with van der Waals surface area (Å²) >= 11 is 0. The largest absolute Gasteiger partial charge is 0.462 e. The molecule has 17 heavy (non-hydrogen) atoms. The first-order valence-electron chi connectivity index (χ1n) is 5.91. The first-order valence-corrected chi connectivity index (χ1v) is 5.91. The molecule has 1 unspecified atom stereocenters. The second kappa shape index (κ2) is 5.83. The van der Waals surface area contributed by atoms with Crippen LogP contribution in [0.15, 0.2) is 11.6 Å². The van der Waals surface area contributed by atoms with Crippen molar-refractivity contribution in [1.29, 1.82) is 5.26 Å². The van der Waals surface area contributed by atoms with E-state index in [1.807, 2.05) is 19.9 Å². The number of hydrogen-bond donors (Lipinski definition) is 0. The minimum absolute atomic E-state index is 0.106. The first kappa shape index (κ1) is 13.7. The predicted molar refractivity (Wildman–Crippen MR) is 63.1 cm³/mol. The fourth-order valence-electron chi connectivity index (χ4n) is 2.02. The molecular formula is C13H19NO3. The molecule has 0 N–H and O–H groups in total. The third-order valence-corrected chi connectivity index (χ3v) is 2.75. The molecule has 0 aliphatic carbocycles. The van der Waals surface area contributed by atoms with Crippen LogP contribution in [0.5, 0.6) is 0 Å². The Bertz CT molecular complexity index is 352. The molecule has 1 rings (SSSR count). The summed E-state index contributed by atoms with van der Waals surface area (Å²) < 4.78 is 10.4. The third-order valence-electron chi connectivity index (χ3n) is 2.75. The maximum absolute atomic E-state index is 11.5. The van der Waals surface area contributed by atoms with Gasteiger partial charge in [0.25, 0.3) is 0 Å². The SMILES string of the molecule is CCOC(=O)/C(C#N)=C\C1CCOC(C)(C)C1. The van der Waals surface area contributed by atoms with Gasteiger partial charge in [-0.3, -0.25) is 0 Å². The van der Waals surface area contributed by atoms with Gasteiger partial charge in [0.2, 0.25) is 0 Å². The Balaban J connectivity index is 2.72. The number of carbonyl (C=O) groups is 1. The second-order valence-corrected chi connectivity index (χ2v) is 4.77. The molecule has 0 aromatic heterocycles. The maximum atomic E-state index is 11.5. The van der Waals surface area contributed by atoms with Crippen LogP contribution in [0, 0.1) is 17.2 Å². The summed E-state index contributed by atoms with van der Waals surface area (Å²) in [5, 5.41) is 8.93. The van der Waals surface area contributed by atoms with Crippen LogP contribution in [0.4, 0.5) is 0 Å². The zero-order valence-corrected chi connectivity index (χ0v) is 10.7. The van der Waals surface area contributed by atoms with Gasteiger partial charge in [-0.15, -0.1) is 0 Å². The Labute approximate surface area is 102 Å². The van der Waals surface area contributed by atoms with Crippen LogP contribution < -0.4 is 0 Å². The monoisotopic (exact) mass is 237 g/mol. The number of allylic oxidation sites excluding steroid dienone is 1. The highest BCUT2D eigenvalue weighted by molar-refractivity contribution is 5.92. The van der Waals surface area contributed by atoms with Crippen molar-refractivity contribution < 1.29 is 14.3 Å². The number of nitriles is 1. The molecule has 0 spiro atoms. The van der Waals surface area contributed by atoms with Crippen molar-refractivity contribution in [3.8, 4) is 6.07 Å². The quantitative estimate of drug-likeness (QED) is 0.429. The molecule has 0 bridgehead atoms.